The number of hydrogen-bond donors (Lipinski definition) is 1. The van der Waals surface area contributed by atoms with Gasteiger partial charge in [0.05, 0.1) is 6.10 Å². The minimum absolute atomic E-state index is 0.281. The lowest BCUT2D eigenvalue weighted by Gasteiger charge is -2.37. The number of nitrogens with zero attached hydrogens (tertiary/aromatic N) is 1. The van der Waals surface area contributed by atoms with Crippen molar-refractivity contribution in [1.29, 1.82) is 0 Å². The molecular formula is C15H23NO. The van der Waals surface area contributed by atoms with E-state index in [1.54, 1.807) is 0 Å². The lowest BCUT2D eigenvalue weighted by molar-refractivity contribution is 0.0676. The van der Waals surface area contributed by atoms with Crippen molar-refractivity contribution in [2.75, 3.05) is 13.6 Å². The monoisotopic (exact) mass is 233 g/mol. The molecule has 2 unspecified atom stereocenters. The van der Waals surface area contributed by atoms with Crippen molar-refractivity contribution in [1.82, 2.24) is 4.90 Å². The maximum atomic E-state index is 10.3. The van der Waals surface area contributed by atoms with Crippen molar-refractivity contribution < 1.29 is 5.11 Å². The molecule has 1 aromatic rings. The highest BCUT2D eigenvalue weighted by Gasteiger charge is 2.25. The summed E-state index contributed by atoms with van der Waals surface area (Å²) in [5, 5.41) is 10.3. The van der Waals surface area contributed by atoms with Gasteiger partial charge in [-0.15, -0.1) is 0 Å². The van der Waals surface area contributed by atoms with Crippen molar-refractivity contribution in [3.05, 3.63) is 35.9 Å². The minimum atomic E-state index is -0.348. The first kappa shape index (κ1) is 12.6. The van der Waals surface area contributed by atoms with E-state index in [9.17, 15) is 5.11 Å². The Morgan fingerprint density at radius 3 is 2.47 bits per heavy atom. The molecule has 0 aromatic heterocycles. The zero-order valence-electron chi connectivity index (χ0n) is 10.8. The van der Waals surface area contributed by atoms with Crippen LogP contribution in [-0.4, -0.2) is 29.6 Å². The number of aliphatic hydroxyl groups excluding tert-OH is 1. The number of hydrogen-bond acceptors (Lipinski definition) is 2. The van der Waals surface area contributed by atoms with Crippen LogP contribution in [0.1, 0.15) is 37.9 Å². The van der Waals surface area contributed by atoms with Crippen LogP contribution in [-0.2, 0) is 0 Å². The molecule has 2 atom stereocenters. The van der Waals surface area contributed by atoms with Crippen molar-refractivity contribution in [3.63, 3.8) is 0 Å². The largest absolute Gasteiger partial charge is 0.388 e. The molecule has 1 saturated carbocycles. The molecule has 1 fully saturated rings. The highest BCUT2D eigenvalue weighted by atomic mass is 16.3. The third kappa shape index (κ3) is 3.08. The molecule has 0 bridgehead atoms. The van der Waals surface area contributed by atoms with Gasteiger partial charge in [0, 0.05) is 12.6 Å². The predicted octanol–water partition coefficient (Wildman–Crippen LogP) is 2.84. The molecule has 17 heavy (non-hydrogen) atoms. The molecule has 0 saturated heterocycles. The van der Waals surface area contributed by atoms with Crippen LogP contribution in [0.4, 0.5) is 0 Å². The van der Waals surface area contributed by atoms with Crippen LogP contribution in [0.25, 0.3) is 0 Å². The predicted molar refractivity (Wildman–Crippen MR) is 70.8 cm³/mol. The van der Waals surface area contributed by atoms with Crippen molar-refractivity contribution in [2.24, 2.45) is 5.92 Å². The lowest BCUT2D eigenvalue weighted by Crippen LogP contribution is -2.40. The quantitative estimate of drug-likeness (QED) is 0.845. The van der Waals surface area contributed by atoms with E-state index < -0.39 is 0 Å². The summed E-state index contributed by atoms with van der Waals surface area (Å²) >= 11 is 0. The van der Waals surface area contributed by atoms with Crippen LogP contribution in [0.3, 0.4) is 0 Å². The summed E-state index contributed by atoms with van der Waals surface area (Å²) in [6.45, 7) is 3.10. The average molecular weight is 233 g/mol. The van der Waals surface area contributed by atoms with Crippen LogP contribution in [0.2, 0.25) is 0 Å². The second-order valence-electron chi connectivity index (χ2n) is 5.36. The van der Waals surface area contributed by atoms with Crippen LogP contribution in [0.15, 0.2) is 30.3 Å². The Kier molecular flexibility index (Phi) is 4.19. The van der Waals surface area contributed by atoms with E-state index in [1.165, 1.54) is 19.3 Å². The fourth-order valence-electron chi connectivity index (χ4n) is 2.51. The van der Waals surface area contributed by atoms with Gasteiger partial charge >= 0.3 is 0 Å². The van der Waals surface area contributed by atoms with Gasteiger partial charge in [-0.25, -0.2) is 0 Å². The van der Waals surface area contributed by atoms with E-state index in [0.29, 0.717) is 0 Å². The topological polar surface area (TPSA) is 23.5 Å². The first-order chi connectivity index (χ1) is 8.18. The minimum Gasteiger partial charge on any atom is -0.388 e. The molecule has 0 radical (unpaired) electrons. The molecule has 1 aromatic carbocycles. The molecule has 0 heterocycles. The van der Waals surface area contributed by atoms with E-state index in [2.05, 4.69) is 18.9 Å². The Balaban J connectivity index is 1.88. The number of benzene rings is 1. The van der Waals surface area contributed by atoms with Crippen LogP contribution in [0, 0.1) is 5.92 Å². The van der Waals surface area contributed by atoms with E-state index in [1.807, 2.05) is 30.3 Å². The summed E-state index contributed by atoms with van der Waals surface area (Å²) in [4.78, 5) is 2.40. The maximum Gasteiger partial charge on any atom is 0.0827 e. The van der Waals surface area contributed by atoms with Crippen LogP contribution >= 0.6 is 0 Å². The second-order valence-corrected chi connectivity index (χ2v) is 5.36. The summed E-state index contributed by atoms with van der Waals surface area (Å²) in [6, 6.07) is 10.7. The molecule has 1 aliphatic rings. The van der Waals surface area contributed by atoms with E-state index in [0.717, 1.165) is 18.2 Å². The normalized spacial score (nSPS) is 20.0. The summed E-state index contributed by atoms with van der Waals surface area (Å²) in [7, 11) is 2.18. The number of rotatable bonds is 5. The van der Waals surface area contributed by atoms with E-state index >= 15 is 0 Å². The van der Waals surface area contributed by atoms with Gasteiger partial charge < -0.3 is 10.0 Å². The van der Waals surface area contributed by atoms with Crippen LogP contribution in [0.5, 0.6) is 0 Å². The summed E-state index contributed by atoms with van der Waals surface area (Å²) in [5.41, 5.74) is 1.03. The molecule has 0 aliphatic heterocycles. The Hall–Kier alpha value is -0.860. The zero-order chi connectivity index (χ0) is 12.3. The molecule has 0 spiro atoms. The Morgan fingerprint density at radius 2 is 1.94 bits per heavy atom. The Bertz CT molecular complexity index is 334. The first-order valence-corrected chi connectivity index (χ1v) is 6.61. The molecule has 1 N–H and O–H groups in total. The lowest BCUT2D eigenvalue weighted by atomic mass is 9.90. The van der Waals surface area contributed by atoms with Gasteiger partial charge in [0.2, 0.25) is 0 Å². The van der Waals surface area contributed by atoms with Crippen molar-refractivity contribution >= 4 is 0 Å². The molecule has 1 aliphatic carbocycles. The molecule has 94 valence electrons. The highest BCUT2D eigenvalue weighted by molar-refractivity contribution is 5.17. The van der Waals surface area contributed by atoms with Gasteiger partial charge in [-0.05, 0) is 31.4 Å². The van der Waals surface area contributed by atoms with Gasteiger partial charge in [-0.1, -0.05) is 43.7 Å². The zero-order valence-corrected chi connectivity index (χ0v) is 10.8. The van der Waals surface area contributed by atoms with Crippen LogP contribution < -0.4 is 0 Å². The smallest absolute Gasteiger partial charge is 0.0827 e. The van der Waals surface area contributed by atoms with Gasteiger partial charge in [-0.2, -0.15) is 0 Å². The fraction of sp³-hybridized carbons (Fsp3) is 0.600. The summed E-state index contributed by atoms with van der Waals surface area (Å²) < 4.78 is 0. The summed E-state index contributed by atoms with van der Waals surface area (Å²) in [6.07, 6.45) is 3.67. The van der Waals surface area contributed by atoms with E-state index in [-0.39, 0.29) is 12.0 Å². The Labute approximate surface area is 104 Å². The maximum absolute atomic E-state index is 10.3. The van der Waals surface area contributed by atoms with Crippen molar-refractivity contribution in [2.45, 2.75) is 38.3 Å². The first-order valence-electron chi connectivity index (χ1n) is 6.61. The third-order valence-corrected chi connectivity index (χ3v) is 3.95. The third-order valence-electron chi connectivity index (χ3n) is 3.95. The Morgan fingerprint density at radius 1 is 1.29 bits per heavy atom. The van der Waals surface area contributed by atoms with Gasteiger partial charge in [0.25, 0.3) is 0 Å². The molecular weight excluding hydrogens is 210 g/mol. The van der Waals surface area contributed by atoms with Gasteiger partial charge in [-0.3, -0.25) is 0 Å². The van der Waals surface area contributed by atoms with E-state index in [4.69, 9.17) is 0 Å². The van der Waals surface area contributed by atoms with Gasteiger partial charge in [0.15, 0.2) is 0 Å². The molecule has 2 heteroatoms. The number of aliphatic hydroxyl groups is 1. The standard InChI is InChI=1S/C15H23NO/c1-12(11-16(2)14-9-6-10-14)15(17)13-7-4-3-5-8-13/h3-5,7-8,12,14-15,17H,6,9-11H2,1-2H3. The SMILES string of the molecule is CC(CN(C)C1CCC1)C(O)c1ccccc1. The average Bonchev–Trinajstić information content (AvgIpc) is 2.26. The molecule has 2 nitrogen and oxygen atoms in total. The summed E-state index contributed by atoms with van der Waals surface area (Å²) in [5.74, 6) is 0.281. The fourth-order valence-corrected chi connectivity index (χ4v) is 2.51. The second kappa shape index (κ2) is 5.65. The van der Waals surface area contributed by atoms with Crippen molar-refractivity contribution in [3.8, 4) is 0 Å². The van der Waals surface area contributed by atoms with Gasteiger partial charge in [0.1, 0.15) is 0 Å². The molecule has 2 rings (SSSR count). The molecule has 0 amide bonds. The highest BCUT2D eigenvalue weighted by Crippen LogP contribution is 2.27.